The van der Waals surface area contributed by atoms with Crippen molar-refractivity contribution in [3.05, 3.63) is 67.2 Å². The summed E-state index contributed by atoms with van der Waals surface area (Å²) in [6, 6.07) is 7.05. The summed E-state index contributed by atoms with van der Waals surface area (Å²) in [6.07, 6.45) is 0. The SMILES string of the molecule is O=C(Nc1ccccc1[N+](=O)[O-])c1cc(Cl)cc([N+](=O)[O-])c1[O-]. The fourth-order valence-corrected chi connectivity index (χ4v) is 2.02. The molecule has 0 saturated heterocycles. The largest absolute Gasteiger partial charge is 0.867 e. The Morgan fingerprint density at radius 1 is 1.04 bits per heavy atom. The molecule has 0 aliphatic rings. The van der Waals surface area contributed by atoms with Crippen LogP contribution in [0.15, 0.2) is 36.4 Å². The number of nitro benzene ring substituents is 2. The zero-order valence-corrected chi connectivity index (χ0v) is 11.9. The minimum absolute atomic E-state index is 0.149. The topological polar surface area (TPSA) is 138 Å². The number of nitrogens with zero attached hydrogens (tertiary/aromatic N) is 2. The number of nitrogens with one attached hydrogen (secondary N) is 1. The number of hydrogen-bond donors (Lipinski definition) is 1. The molecule has 2 aromatic carbocycles. The monoisotopic (exact) mass is 336 g/mol. The zero-order valence-electron chi connectivity index (χ0n) is 11.2. The molecule has 2 rings (SSSR count). The van der Waals surface area contributed by atoms with Gasteiger partial charge in [0.2, 0.25) is 0 Å². The highest BCUT2D eigenvalue weighted by Crippen LogP contribution is 2.32. The summed E-state index contributed by atoms with van der Waals surface area (Å²) in [7, 11) is 0. The minimum Gasteiger partial charge on any atom is -0.867 e. The maximum Gasteiger partial charge on any atom is 0.292 e. The lowest BCUT2D eigenvalue weighted by Crippen LogP contribution is -2.16. The smallest absolute Gasteiger partial charge is 0.292 e. The van der Waals surface area contributed by atoms with Crippen molar-refractivity contribution < 1.29 is 19.7 Å². The fraction of sp³-hybridized carbons (Fsp3) is 0. The molecule has 118 valence electrons. The first-order chi connectivity index (χ1) is 10.8. The van der Waals surface area contributed by atoms with Crippen molar-refractivity contribution in [2.24, 2.45) is 0 Å². The molecule has 0 aromatic heterocycles. The third kappa shape index (κ3) is 3.35. The number of para-hydroxylation sites is 2. The van der Waals surface area contributed by atoms with Crippen LogP contribution in [0.1, 0.15) is 10.4 Å². The molecule has 0 aliphatic carbocycles. The third-order valence-corrected chi connectivity index (χ3v) is 3.04. The molecule has 9 nitrogen and oxygen atoms in total. The Bertz CT molecular complexity index is 823. The van der Waals surface area contributed by atoms with E-state index in [4.69, 9.17) is 11.6 Å². The van der Waals surface area contributed by atoms with E-state index in [1.165, 1.54) is 18.2 Å². The number of carbonyl (C=O) groups excluding carboxylic acids is 1. The van der Waals surface area contributed by atoms with Crippen LogP contribution in [0.4, 0.5) is 17.1 Å². The predicted molar refractivity (Wildman–Crippen MR) is 78.6 cm³/mol. The molecule has 1 amide bonds. The minimum atomic E-state index is -1.13. The first-order valence-electron chi connectivity index (χ1n) is 6.01. The lowest BCUT2D eigenvalue weighted by atomic mass is 10.1. The number of amides is 1. The van der Waals surface area contributed by atoms with E-state index in [-0.39, 0.29) is 16.4 Å². The molecule has 0 fully saturated rings. The summed E-state index contributed by atoms with van der Waals surface area (Å²) in [6.45, 7) is 0. The Kier molecular flexibility index (Phi) is 4.42. The highest BCUT2D eigenvalue weighted by molar-refractivity contribution is 6.31. The van der Waals surface area contributed by atoms with Gasteiger partial charge in [-0.2, -0.15) is 0 Å². The molecule has 0 unspecified atom stereocenters. The van der Waals surface area contributed by atoms with Gasteiger partial charge in [0.15, 0.2) is 0 Å². The standard InChI is InChI=1S/C13H8ClN3O6/c14-7-5-8(12(18)11(6-7)17(22)23)13(19)15-9-3-1-2-4-10(9)16(20)21/h1-6,18H,(H,15,19)/p-1. The molecular formula is C13H7ClN3O6-. The van der Waals surface area contributed by atoms with Gasteiger partial charge in [-0.25, -0.2) is 0 Å². The Labute approximate surface area is 133 Å². The second-order valence-electron chi connectivity index (χ2n) is 4.29. The van der Waals surface area contributed by atoms with Crippen LogP contribution in [0.3, 0.4) is 0 Å². The van der Waals surface area contributed by atoms with E-state index in [9.17, 15) is 30.1 Å². The molecule has 10 heteroatoms. The van der Waals surface area contributed by atoms with E-state index in [1.807, 2.05) is 0 Å². The van der Waals surface area contributed by atoms with Crippen LogP contribution in [0.2, 0.25) is 5.02 Å². The first-order valence-corrected chi connectivity index (χ1v) is 6.38. The van der Waals surface area contributed by atoms with Gasteiger partial charge in [-0.05, 0) is 17.9 Å². The fourth-order valence-electron chi connectivity index (χ4n) is 1.81. The number of nitro groups is 2. The molecule has 23 heavy (non-hydrogen) atoms. The normalized spacial score (nSPS) is 10.1. The van der Waals surface area contributed by atoms with Crippen molar-refractivity contribution in [3.63, 3.8) is 0 Å². The number of anilines is 1. The van der Waals surface area contributed by atoms with Gasteiger partial charge in [-0.3, -0.25) is 25.0 Å². The van der Waals surface area contributed by atoms with Gasteiger partial charge in [0.05, 0.1) is 9.85 Å². The van der Waals surface area contributed by atoms with Gasteiger partial charge in [-0.1, -0.05) is 23.7 Å². The van der Waals surface area contributed by atoms with Crippen molar-refractivity contribution >= 4 is 34.6 Å². The van der Waals surface area contributed by atoms with Crippen LogP contribution < -0.4 is 10.4 Å². The summed E-state index contributed by atoms with van der Waals surface area (Å²) in [5.74, 6) is -2.16. The molecule has 2 aromatic rings. The lowest BCUT2D eigenvalue weighted by molar-refractivity contribution is -0.398. The Balaban J connectivity index is 2.43. The van der Waals surface area contributed by atoms with Gasteiger partial charge < -0.3 is 10.4 Å². The Hall–Kier alpha value is -3.20. The van der Waals surface area contributed by atoms with Crippen LogP contribution in [0.25, 0.3) is 0 Å². The number of hydrogen-bond acceptors (Lipinski definition) is 6. The predicted octanol–water partition coefficient (Wildman–Crippen LogP) is 2.48. The average molecular weight is 337 g/mol. The average Bonchev–Trinajstić information content (AvgIpc) is 2.49. The zero-order chi connectivity index (χ0) is 17.1. The van der Waals surface area contributed by atoms with Crippen LogP contribution >= 0.6 is 11.6 Å². The Morgan fingerprint density at radius 3 is 2.26 bits per heavy atom. The van der Waals surface area contributed by atoms with E-state index in [0.29, 0.717) is 0 Å². The van der Waals surface area contributed by atoms with Crippen LogP contribution in [0, 0.1) is 20.2 Å². The summed E-state index contributed by atoms with van der Waals surface area (Å²) >= 11 is 5.66. The maximum absolute atomic E-state index is 12.1. The molecule has 1 N–H and O–H groups in total. The van der Waals surface area contributed by atoms with Gasteiger partial charge in [-0.15, -0.1) is 0 Å². The summed E-state index contributed by atoms with van der Waals surface area (Å²) in [5, 5.41) is 35.6. The van der Waals surface area contributed by atoms with E-state index in [1.54, 1.807) is 0 Å². The van der Waals surface area contributed by atoms with Crippen molar-refractivity contribution in [1.82, 2.24) is 0 Å². The molecule has 0 bridgehead atoms. The van der Waals surface area contributed by atoms with Gasteiger partial charge in [0, 0.05) is 22.7 Å². The molecule has 0 heterocycles. The van der Waals surface area contributed by atoms with E-state index < -0.39 is 32.8 Å². The van der Waals surface area contributed by atoms with Gasteiger partial charge >= 0.3 is 0 Å². The molecule has 0 aliphatic heterocycles. The molecule has 0 atom stereocenters. The second-order valence-corrected chi connectivity index (χ2v) is 4.72. The number of carbonyl (C=O) groups is 1. The van der Waals surface area contributed by atoms with Gasteiger partial charge in [0.1, 0.15) is 5.69 Å². The molecule has 0 spiro atoms. The summed E-state index contributed by atoms with van der Waals surface area (Å²) < 4.78 is 0. The molecule has 0 saturated carbocycles. The second kappa shape index (κ2) is 6.28. The van der Waals surface area contributed by atoms with Crippen molar-refractivity contribution in [1.29, 1.82) is 0 Å². The summed E-state index contributed by atoms with van der Waals surface area (Å²) in [5.41, 5.74) is -1.97. The van der Waals surface area contributed by atoms with E-state index >= 15 is 0 Å². The Morgan fingerprint density at radius 2 is 1.65 bits per heavy atom. The number of benzene rings is 2. The van der Waals surface area contributed by atoms with Crippen LogP contribution in [0.5, 0.6) is 5.75 Å². The highest BCUT2D eigenvalue weighted by atomic mass is 35.5. The number of rotatable bonds is 4. The first kappa shape index (κ1) is 16.2. The third-order valence-electron chi connectivity index (χ3n) is 2.82. The highest BCUT2D eigenvalue weighted by Gasteiger charge is 2.20. The van der Waals surface area contributed by atoms with Gasteiger partial charge in [0.25, 0.3) is 17.3 Å². The maximum atomic E-state index is 12.1. The number of halogens is 1. The lowest BCUT2D eigenvalue weighted by Gasteiger charge is -2.14. The molecular weight excluding hydrogens is 330 g/mol. The summed E-state index contributed by atoms with van der Waals surface area (Å²) in [4.78, 5) is 32.1. The van der Waals surface area contributed by atoms with Crippen LogP contribution in [-0.4, -0.2) is 15.8 Å². The van der Waals surface area contributed by atoms with Crippen molar-refractivity contribution in [2.45, 2.75) is 0 Å². The van der Waals surface area contributed by atoms with Crippen LogP contribution in [-0.2, 0) is 0 Å². The van der Waals surface area contributed by atoms with Crippen molar-refractivity contribution in [3.8, 4) is 5.75 Å². The van der Waals surface area contributed by atoms with E-state index in [0.717, 1.165) is 18.2 Å². The quantitative estimate of drug-likeness (QED) is 0.672. The van der Waals surface area contributed by atoms with Crippen molar-refractivity contribution in [2.75, 3.05) is 5.32 Å². The molecule has 0 radical (unpaired) electrons. The van der Waals surface area contributed by atoms with E-state index in [2.05, 4.69) is 5.32 Å².